The second-order valence-electron chi connectivity index (χ2n) is 6.22. The molecule has 1 atom stereocenters. The second-order valence-corrected chi connectivity index (χ2v) is 7.25. The van der Waals surface area contributed by atoms with Gasteiger partial charge in [0.05, 0.1) is 21.6 Å². The van der Waals surface area contributed by atoms with Gasteiger partial charge in [-0.05, 0) is 31.5 Å². The van der Waals surface area contributed by atoms with Crippen LogP contribution in [0.4, 0.5) is 9.52 Å². The van der Waals surface area contributed by atoms with Crippen molar-refractivity contribution in [3.63, 3.8) is 0 Å². The first-order valence-corrected chi connectivity index (χ1v) is 8.83. The lowest BCUT2D eigenvalue weighted by Crippen LogP contribution is -2.28. The Morgan fingerprint density at radius 3 is 2.96 bits per heavy atom. The molecule has 1 amide bonds. The summed E-state index contributed by atoms with van der Waals surface area (Å²) < 4.78 is 16.0. The molecule has 134 valence electrons. The number of anilines is 1. The molecule has 0 radical (unpaired) electrons. The van der Waals surface area contributed by atoms with E-state index in [1.807, 2.05) is 20.2 Å². The van der Waals surface area contributed by atoms with Gasteiger partial charge in [-0.25, -0.2) is 9.37 Å². The highest BCUT2D eigenvalue weighted by molar-refractivity contribution is 7.22. The fourth-order valence-electron chi connectivity index (χ4n) is 2.85. The first kappa shape index (κ1) is 16.6. The fraction of sp³-hybridized carbons (Fsp3) is 0.294. The van der Waals surface area contributed by atoms with Crippen molar-refractivity contribution >= 4 is 38.3 Å². The van der Waals surface area contributed by atoms with Crippen molar-refractivity contribution in [3.05, 3.63) is 41.0 Å². The number of thiazole rings is 1. The summed E-state index contributed by atoms with van der Waals surface area (Å²) in [7, 11) is 1.83. The van der Waals surface area contributed by atoms with Crippen molar-refractivity contribution in [1.29, 1.82) is 0 Å². The number of nitrogens with zero attached hydrogens (tertiary/aromatic N) is 4. The predicted octanol–water partition coefficient (Wildman–Crippen LogP) is 2.92. The zero-order chi connectivity index (χ0) is 18.4. The molecule has 3 heterocycles. The second kappa shape index (κ2) is 6.17. The summed E-state index contributed by atoms with van der Waals surface area (Å²) in [5.41, 5.74) is 3.56. The van der Waals surface area contributed by atoms with Crippen LogP contribution in [0.15, 0.2) is 23.5 Å². The zero-order valence-electron chi connectivity index (χ0n) is 14.4. The lowest BCUT2D eigenvalue weighted by molar-refractivity contribution is -0.125. The molecule has 0 saturated carbocycles. The van der Waals surface area contributed by atoms with Crippen LogP contribution in [0.25, 0.3) is 10.2 Å². The van der Waals surface area contributed by atoms with Gasteiger partial charge < -0.3 is 4.84 Å². The van der Waals surface area contributed by atoms with Crippen LogP contribution in [-0.2, 0) is 16.7 Å². The van der Waals surface area contributed by atoms with Crippen LogP contribution in [0.5, 0.6) is 0 Å². The van der Waals surface area contributed by atoms with Crippen LogP contribution in [0.3, 0.4) is 0 Å². The van der Waals surface area contributed by atoms with Gasteiger partial charge >= 0.3 is 0 Å². The van der Waals surface area contributed by atoms with E-state index in [0.29, 0.717) is 33.0 Å². The van der Waals surface area contributed by atoms with Gasteiger partial charge in [-0.3, -0.25) is 14.8 Å². The van der Waals surface area contributed by atoms with Crippen molar-refractivity contribution in [1.82, 2.24) is 14.8 Å². The molecule has 7 nitrogen and oxygen atoms in total. The third kappa shape index (κ3) is 2.94. The van der Waals surface area contributed by atoms with E-state index in [0.717, 1.165) is 11.3 Å². The number of aryl methyl sites for hydroxylation is 3. The molecule has 1 unspecified atom stereocenters. The quantitative estimate of drug-likeness (QED) is 0.765. The molecule has 1 aliphatic heterocycles. The molecule has 4 rings (SSSR count). The molecule has 1 N–H and O–H groups in total. The maximum absolute atomic E-state index is 13.7. The Labute approximate surface area is 152 Å². The third-order valence-corrected chi connectivity index (χ3v) is 5.12. The summed E-state index contributed by atoms with van der Waals surface area (Å²) in [5, 5.41) is 11.4. The van der Waals surface area contributed by atoms with Crippen LogP contribution < -0.4 is 5.32 Å². The van der Waals surface area contributed by atoms with E-state index in [9.17, 15) is 9.18 Å². The number of nitrogens with one attached hydrogen (secondary N) is 1. The minimum Gasteiger partial charge on any atom is -0.382 e. The Bertz CT molecular complexity index is 1020. The molecule has 0 bridgehead atoms. The molecule has 3 aromatic rings. The first-order chi connectivity index (χ1) is 12.4. The standard InChI is InChI=1S/C17H16FN5O2S/c1-8-4-13-15(5-11(8)18)26-17(19-13)20-16(24)14-6-12(22-25-14)10-7-23(3)21-9(10)2/h4-5,7,14H,6H2,1-3H3,(H,19,20,24). The monoisotopic (exact) mass is 373 g/mol. The van der Waals surface area contributed by atoms with E-state index in [-0.39, 0.29) is 11.7 Å². The zero-order valence-corrected chi connectivity index (χ0v) is 15.2. The van der Waals surface area contributed by atoms with Crippen LogP contribution in [0, 0.1) is 19.7 Å². The molecular formula is C17H16FN5O2S. The predicted molar refractivity (Wildman–Crippen MR) is 96.9 cm³/mol. The summed E-state index contributed by atoms with van der Waals surface area (Å²) in [4.78, 5) is 22.1. The number of hydrogen-bond donors (Lipinski definition) is 1. The molecule has 1 aromatic carbocycles. The molecule has 1 aliphatic rings. The summed E-state index contributed by atoms with van der Waals surface area (Å²) in [6, 6.07) is 3.09. The minimum absolute atomic E-state index is 0.289. The van der Waals surface area contributed by atoms with Crippen molar-refractivity contribution < 1.29 is 14.0 Å². The van der Waals surface area contributed by atoms with Gasteiger partial charge in [0, 0.05) is 25.2 Å². The molecule has 9 heteroatoms. The van der Waals surface area contributed by atoms with Crippen LogP contribution >= 0.6 is 11.3 Å². The molecule has 2 aromatic heterocycles. The molecule has 0 spiro atoms. The number of fused-ring (bicyclic) bond motifs is 1. The number of carbonyl (C=O) groups excluding carboxylic acids is 1. The number of carbonyl (C=O) groups is 1. The van der Waals surface area contributed by atoms with Crippen molar-refractivity contribution in [2.24, 2.45) is 12.2 Å². The number of halogens is 1. The first-order valence-electron chi connectivity index (χ1n) is 8.01. The number of rotatable bonds is 3. The van der Waals surface area contributed by atoms with Gasteiger partial charge in [0.15, 0.2) is 5.13 Å². The average Bonchev–Trinajstić information content (AvgIpc) is 3.26. The van der Waals surface area contributed by atoms with E-state index < -0.39 is 6.10 Å². The fourth-order valence-corrected chi connectivity index (χ4v) is 3.73. The Balaban J connectivity index is 1.47. The van der Waals surface area contributed by atoms with E-state index in [1.54, 1.807) is 17.7 Å². The molecule has 26 heavy (non-hydrogen) atoms. The van der Waals surface area contributed by atoms with Crippen molar-refractivity contribution in [2.75, 3.05) is 5.32 Å². The highest BCUT2D eigenvalue weighted by Crippen LogP contribution is 2.29. The number of aromatic nitrogens is 3. The van der Waals surface area contributed by atoms with E-state index >= 15 is 0 Å². The SMILES string of the molecule is Cc1cc2nc(NC(=O)C3CC(c4cn(C)nc4C)=NO3)sc2cc1F. The Morgan fingerprint density at radius 1 is 1.42 bits per heavy atom. The average molecular weight is 373 g/mol. The third-order valence-electron chi connectivity index (χ3n) is 4.18. The van der Waals surface area contributed by atoms with Crippen molar-refractivity contribution in [2.45, 2.75) is 26.4 Å². The molecule has 0 saturated heterocycles. The maximum atomic E-state index is 13.7. The molecular weight excluding hydrogens is 357 g/mol. The largest absolute Gasteiger partial charge is 0.382 e. The normalized spacial score (nSPS) is 16.6. The van der Waals surface area contributed by atoms with E-state index in [2.05, 4.69) is 20.6 Å². The van der Waals surface area contributed by atoms with Gasteiger partial charge in [0.1, 0.15) is 5.82 Å². The summed E-state index contributed by atoms with van der Waals surface area (Å²) in [6.45, 7) is 3.56. The smallest absolute Gasteiger partial charge is 0.270 e. The highest BCUT2D eigenvalue weighted by atomic mass is 32.1. The number of oxime groups is 1. The van der Waals surface area contributed by atoms with Gasteiger partial charge in [-0.15, -0.1) is 0 Å². The maximum Gasteiger partial charge on any atom is 0.270 e. The van der Waals surface area contributed by atoms with Crippen LogP contribution in [0.1, 0.15) is 23.2 Å². The van der Waals surface area contributed by atoms with Gasteiger partial charge in [0.2, 0.25) is 6.10 Å². The highest BCUT2D eigenvalue weighted by Gasteiger charge is 2.30. The van der Waals surface area contributed by atoms with Gasteiger partial charge in [-0.2, -0.15) is 5.10 Å². The number of amides is 1. The van der Waals surface area contributed by atoms with E-state index in [1.165, 1.54) is 17.4 Å². The minimum atomic E-state index is -0.727. The van der Waals surface area contributed by atoms with Crippen molar-refractivity contribution in [3.8, 4) is 0 Å². The molecule has 0 fully saturated rings. The van der Waals surface area contributed by atoms with E-state index in [4.69, 9.17) is 4.84 Å². The van der Waals surface area contributed by atoms with Gasteiger partial charge in [0.25, 0.3) is 5.91 Å². The topological polar surface area (TPSA) is 81.4 Å². The Kier molecular flexibility index (Phi) is 3.95. The number of hydrogen-bond acceptors (Lipinski definition) is 6. The summed E-state index contributed by atoms with van der Waals surface area (Å²) in [5.74, 6) is -0.621. The van der Waals surface area contributed by atoms with Crippen LogP contribution in [-0.4, -0.2) is 32.5 Å². The van der Waals surface area contributed by atoms with Gasteiger partial charge in [-0.1, -0.05) is 16.5 Å². The molecule has 0 aliphatic carbocycles. The Hall–Kier alpha value is -2.81. The lowest BCUT2D eigenvalue weighted by atomic mass is 10.1. The lowest BCUT2D eigenvalue weighted by Gasteiger charge is -2.06. The Morgan fingerprint density at radius 2 is 2.23 bits per heavy atom. The summed E-state index contributed by atoms with van der Waals surface area (Å²) in [6.07, 6.45) is 1.48. The van der Waals surface area contributed by atoms with Crippen LogP contribution in [0.2, 0.25) is 0 Å². The number of benzene rings is 1. The summed E-state index contributed by atoms with van der Waals surface area (Å²) >= 11 is 1.22.